The van der Waals surface area contributed by atoms with E-state index in [1.54, 1.807) is 4.57 Å². The predicted octanol–water partition coefficient (Wildman–Crippen LogP) is 2.56. The molecule has 156 valence electrons. The fraction of sp³-hybridized carbons (Fsp3) is 0.273. The van der Waals surface area contributed by atoms with E-state index in [2.05, 4.69) is 15.6 Å². The highest BCUT2D eigenvalue weighted by Gasteiger charge is 2.21. The lowest BCUT2D eigenvalue weighted by molar-refractivity contribution is -0.155. The number of benzene rings is 2. The van der Waals surface area contributed by atoms with Crippen LogP contribution in [-0.4, -0.2) is 33.6 Å². The number of aryl methyl sites for hydroxylation is 1. The van der Waals surface area contributed by atoms with Gasteiger partial charge < -0.3 is 14.6 Å². The number of nitrogens with zero attached hydrogens (tertiary/aromatic N) is 2. The normalized spacial score (nSPS) is 11.7. The van der Waals surface area contributed by atoms with Crippen molar-refractivity contribution in [2.75, 3.05) is 0 Å². The van der Waals surface area contributed by atoms with Gasteiger partial charge in [-0.1, -0.05) is 49.4 Å². The third-order valence-corrected chi connectivity index (χ3v) is 4.55. The summed E-state index contributed by atoms with van der Waals surface area (Å²) in [6.45, 7) is 3.58. The summed E-state index contributed by atoms with van der Waals surface area (Å²) in [5.74, 6) is -0.522. The largest absolute Gasteiger partial charge is 0.451 e. The van der Waals surface area contributed by atoms with Crippen LogP contribution in [0, 0.1) is 0 Å². The molecule has 0 bridgehead atoms. The van der Waals surface area contributed by atoms with E-state index in [-0.39, 0.29) is 13.1 Å². The van der Waals surface area contributed by atoms with Gasteiger partial charge in [0.2, 0.25) is 0 Å². The average Bonchev–Trinajstić information content (AvgIpc) is 3.10. The van der Waals surface area contributed by atoms with Gasteiger partial charge in [0.15, 0.2) is 6.10 Å². The van der Waals surface area contributed by atoms with Crippen LogP contribution in [-0.2, 0) is 33.8 Å². The highest BCUT2D eigenvalue weighted by atomic mass is 16.5. The van der Waals surface area contributed by atoms with Crippen LogP contribution < -0.4 is 10.6 Å². The number of ether oxygens (including phenoxy) is 1. The van der Waals surface area contributed by atoms with E-state index in [0.717, 1.165) is 22.4 Å². The quantitative estimate of drug-likeness (QED) is 0.585. The van der Waals surface area contributed by atoms with Gasteiger partial charge >= 0.3 is 12.0 Å². The summed E-state index contributed by atoms with van der Waals surface area (Å²) in [7, 11) is 0. The minimum atomic E-state index is -1.11. The number of imidazole rings is 1. The molecule has 0 aliphatic heterocycles. The van der Waals surface area contributed by atoms with Crippen LogP contribution >= 0.6 is 0 Å². The molecule has 2 aromatic carbocycles. The van der Waals surface area contributed by atoms with Crippen molar-refractivity contribution in [1.29, 1.82) is 0 Å². The smallest absolute Gasteiger partial charge is 0.326 e. The molecular weight excluding hydrogens is 384 g/mol. The Morgan fingerprint density at radius 3 is 2.50 bits per heavy atom. The Kier molecular flexibility index (Phi) is 6.79. The fourth-order valence-corrected chi connectivity index (χ4v) is 3.02. The summed E-state index contributed by atoms with van der Waals surface area (Å²) in [4.78, 5) is 41.0. The summed E-state index contributed by atoms with van der Waals surface area (Å²) in [5.41, 5.74) is 2.52. The molecule has 0 saturated carbocycles. The maximum Gasteiger partial charge on any atom is 0.326 e. The number of urea groups is 1. The first-order chi connectivity index (χ1) is 14.5. The van der Waals surface area contributed by atoms with Gasteiger partial charge in [-0.25, -0.2) is 9.78 Å². The van der Waals surface area contributed by atoms with Gasteiger partial charge in [0.05, 0.1) is 11.0 Å². The molecule has 1 heterocycles. The Morgan fingerprint density at radius 1 is 1.07 bits per heavy atom. The van der Waals surface area contributed by atoms with Crippen LogP contribution in [0.5, 0.6) is 0 Å². The molecule has 30 heavy (non-hydrogen) atoms. The minimum absolute atomic E-state index is 0.0679. The topological polar surface area (TPSA) is 102 Å². The van der Waals surface area contributed by atoms with Crippen LogP contribution in [0.1, 0.15) is 25.2 Å². The van der Waals surface area contributed by atoms with Gasteiger partial charge in [0, 0.05) is 13.0 Å². The van der Waals surface area contributed by atoms with Crippen LogP contribution in [0.15, 0.2) is 54.6 Å². The second-order valence-electron chi connectivity index (χ2n) is 6.75. The summed E-state index contributed by atoms with van der Waals surface area (Å²) in [5, 5.41) is 4.77. The molecule has 8 nitrogen and oxygen atoms in total. The number of esters is 1. The molecule has 3 amide bonds. The first-order valence-electron chi connectivity index (χ1n) is 9.74. The Bertz CT molecular complexity index is 1050. The predicted molar refractivity (Wildman–Crippen MR) is 111 cm³/mol. The summed E-state index contributed by atoms with van der Waals surface area (Å²) in [6.07, 6.45) is -0.459. The molecular formula is C22H24N4O4. The van der Waals surface area contributed by atoms with E-state index in [4.69, 9.17) is 4.74 Å². The maximum absolute atomic E-state index is 12.4. The van der Waals surface area contributed by atoms with E-state index >= 15 is 0 Å². The molecule has 1 aromatic heterocycles. The van der Waals surface area contributed by atoms with Gasteiger partial charge in [0.25, 0.3) is 5.91 Å². The van der Waals surface area contributed by atoms with E-state index in [1.165, 1.54) is 6.92 Å². The lowest BCUT2D eigenvalue weighted by atomic mass is 10.2. The van der Waals surface area contributed by atoms with Crippen LogP contribution in [0.25, 0.3) is 11.0 Å². The highest BCUT2D eigenvalue weighted by molar-refractivity contribution is 5.97. The van der Waals surface area contributed by atoms with E-state index in [1.807, 2.05) is 61.5 Å². The molecule has 0 radical (unpaired) electrons. The zero-order valence-corrected chi connectivity index (χ0v) is 16.9. The first kappa shape index (κ1) is 21.0. The average molecular weight is 408 g/mol. The van der Waals surface area contributed by atoms with Crippen molar-refractivity contribution in [3.8, 4) is 0 Å². The molecule has 1 atom stereocenters. The van der Waals surface area contributed by atoms with Gasteiger partial charge in [-0.15, -0.1) is 0 Å². The number of hydrogen-bond donors (Lipinski definition) is 2. The van der Waals surface area contributed by atoms with Crippen LogP contribution in [0.2, 0.25) is 0 Å². The second kappa shape index (κ2) is 9.69. The molecule has 8 heteroatoms. The third-order valence-electron chi connectivity index (χ3n) is 4.55. The number of carbonyl (C=O) groups is 3. The number of rotatable bonds is 7. The van der Waals surface area contributed by atoms with Crippen molar-refractivity contribution in [3.05, 3.63) is 66.0 Å². The van der Waals surface area contributed by atoms with Gasteiger partial charge in [0.1, 0.15) is 12.4 Å². The molecule has 0 aliphatic rings. The molecule has 0 spiro atoms. The molecule has 0 fully saturated rings. The zero-order valence-electron chi connectivity index (χ0n) is 16.9. The number of carbonyl (C=O) groups excluding carboxylic acids is 3. The molecule has 1 unspecified atom stereocenters. The summed E-state index contributed by atoms with van der Waals surface area (Å²) in [6, 6.07) is 16.2. The maximum atomic E-state index is 12.4. The Balaban J connectivity index is 1.52. The van der Waals surface area contributed by atoms with E-state index in [0.29, 0.717) is 6.42 Å². The van der Waals surface area contributed by atoms with Crippen molar-refractivity contribution >= 4 is 28.9 Å². The van der Waals surface area contributed by atoms with Gasteiger partial charge in [-0.3, -0.25) is 14.9 Å². The highest BCUT2D eigenvalue weighted by Crippen LogP contribution is 2.16. The fourth-order valence-electron chi connectivity index (χ4n) is 3.02. The van der Waals surface area contributed by atoms with Crippen molar-refractivity contribution in [2.45, 2.75) is 39.5 Å². The molecule has 0 saturated heterocycles. The Hall–Kier alpha value is -3.68. The van der Waals surface area contributed by atoms with Crippen molar-refractivity contribution < 1.29 is 19.1 Å². The van der Waals surface area contributed by atoms with Crippen molar-refractivity contribution in [1.82, 2.24) is 20.2 Å². The molecule has 3 rings (SSSR count). The number of para-hydroxylation sites is 2. The number of hydrogen-bond acceptors (Lipinski definition) is 5. The SMILES string of the molecule is CCc1nc2ccccc2n1CC(=O)OC(C)C(=O)NC(=O)NCc1ccccc1. The Labute approximate surface area is 174 Å². The number of fused-ring (bicyclic) bond motifs is 1. The van der Waals surface area contributed by atoms with Crippen molar-refractivity contribution in [3.63, 3.8) is 0 Å². The zero-order chi connectivity index (χ0) is 21.5. The third kappa shape index (κ3) is 5.22. The molecule has 2 N–H and O–H groups in total. The lowest BCUT2D eigenvalue weighted by Crippen LogP contribution is -2.44. The molecule has 0 aliphatic carbocycles. The minimum Gasteiger partial charge on any atom is -0.451 e. The standard InChI is InChI=1S/C22H24N4O4/c1-3-19-24-17-11-7-8-12-18(17)26(19)14-20(27)30-15(2)21(28)25-22(29)23-13-16-9-5-4-6-10-16/h4-12,15H,3,13-14H2,1-2H3,(H2,23,25,28,29). The van der Waals surface area contributed by atoms with E-state index in [9.17, 15) is 14.4 Å². The van der Waals surface area contributed by atoms with Gasteiger partial charge in [-0.2, -0.15) is 0 Å². The van der Waals surface area contributed by atoms with E-state index < -0.39 is 24.0 Å². The number of aromatic nitrogens is 2. The Morgan fingerprint density at radius 2 is 1.77 bits per heavy atom. The van der Waals surface area contributed by atoms with Crippen molar-refractivity contribution in [2.24, 2.45) is 0 Å². The number of imide groups is 1. The van der Waals surface area contributed by atoms with Gasteiger partial charge in [-0.05, 0) is 24.6 Å². The monoisotopic (exact) mass is 408 g/mol. The van der Waals surface area contributed by atoms with Crippen LogP contribution in [0.4, 0.5) is 4.79 Å². The lowest BCUT2D eigenvalue weighted by Gasteiger charge is -2.14. The second-order valence-corrected chi connectivity index (χ2v) is 6.75. The number of nitrogens with one attached hydrogen (secondary N) is 2. The van der Waals surface area contributed by atoms with Crippen LogP contribution in [0.3, 0.4) is 0 Å². The summed E-state index contributed by atoms with van der Waals surface area (Å²) < 4.78 is 6.99. The molecule has 3 aromatic rings. The summed E-state index contributed by atoms with van der Waals surface area (Å²) >= 11 is 0. The first-order valence-corrected chi connectivity index (χ1v) is 9.74. The number of amides is 3.